The fraction of sp³-hybridized carbons (Fsp3) is 0.353. The molecule has 0 N–H and O–H groups in total. The highest BCUT2D eigenvalue weighted by atomic mass is 32.1. The second-order valence-electron chi connectivity index (χ2n) is 5.71. The average molecular weight is 356 g/mol. The third kappa shape index (κ3) is 5.07. The first kappa shape index (κ1) is 18.5. The Bertz CT molecular complexity index is 669. The van der Waals surface area contributed by atoms with E-state index in [4.69, 9.17) is 0 Å². The van der Waals surface area contributed by atoms with Crippen LogP contribution in [0.15, 0.2) is 41.8 Å². The molecule has 0 aliphatic carbocycles. The van der Waals surface area contributed by atoms with Gasteiger partial charge in [0.15, 0.2) is 0 Å². The van der Waals surface area contributed by atoms with E-state index in [2.05, 4.69) is 0 Å². The van der Waals surface area contributed by atoms with E-state index in [9.17, 15) is 18.0 Å². The van der Waals surface area contributed by atoms with E-state index in [1.54, 1.807) is 23.1 Å². The molecule has 0 saturated carbocycles. The van der Waals surface area contributed by atoms with Crippen LogP contribution in [-0.4, -0.2) is 42.9 Å². The first-order chi connectivity index (χ1) is 11.3. The maximum Gasteiger partial charge on any atom is 0.416 e. The van der Waals surface area contributed by atoms with Crippen LogP contribution < -0.4 is 0 Å². The molecule has 0 saturated heterocycles. The molecule has 0 atom stereocenters. The third-order valence-corrected chi connectivity index (χ3v) is 4.32. The van der Waals surface area contributed by atoms with E-state index >= 15 is 0 Å². The molecule has 1 aromatic heterocycles. The Labute approximate surface area is 143 Å². The van der Waals surface area contributed by atoms with E-state index in [0.717, 1.165) is 12.1 Å². The van der Waals surface area contributed by atoms with Crippen molar-refractivity contribution in [3.8, 4) is 0 Å². The van der Waals surface area contributed by atoms with Gasteiger partial charge in [-0.1, -0.05) is 18.2 Å². The Balaban J connectivity index is 2.20. The van der Waals surface area contributed by atoms with E-state index < -0.39 is 11.7 Å². The van der Waals surface area contributed by atoms with Gasteiger partial charge in [-0.15, -0.1) is 11.3 Å². The summed E-state index contributed by atoms with van der Waals surface area (Å²) in [5, 5.41) is 1.81. The third-order valence-electron chi connectivity index (χ3n) is 3.46. The SMILES string of the molecule is CN(C)CCN(Cc1cccc(C(F)(F)F)c1)C(=O)c1cccs1. The minimum Gasteiger partial charge on any atom is -0.332 e. The lowest BCUT2D eigenvalue weighted by atomic mass is 10.1. The second-order valence-corrected chi connectivity index (χ2v) is 6.65. The van der Waals surface area contributed by atoms with Crippen LogP contribution in [0.2, 0.25) is 0 Å². The first-order valence-electron chi connectivity index (χ1n) is 7.41. The summed E-state index contributed by atoms with van der Waals surface area (Å²) in [6.45, 7) is 1.23. The zero-order valence-corrected chi connectivity index (χ0v) is 14.3. The number of nitrogens with zero attached hydrogens (tertiary/aromatic N) is 2. The standard InChI is InChI=1S/C17H19F3N2OS/c1-21(2)8-9-22(16(23)15-7-4-10-24-15)12-13-5-3-6-14(11-13)17(18,19)20/h3-7,10-11H,8-9,12H2,1-2H3. The Hall–Kier alpha value is -1.86. The van der Waals surface area contributed by atoms with Gasteiger partial charge in [-0.05, 0) is 43.2 Å². The molecule has 0 unspecified atom stereocenters. The summed E-state index contributed by atoms with van der Waals surface area (Å²) in [6.07, 6.45) is -4.39. The molecular weight excluding hydrogens is 337 g/mol. The van der Waals surface area contributed by atoms with Crippen LogP contribution in [0, 0.1) is 0 Å². The van der Waals surface area contributed by atoms with Gasteiger partial charge in [-0.3, -0.25) is 4.79 Å². The lowest BCUT2D eigenvalue weighted by Gasteiger charge is -2.24. The van der Waals surface area contributed by atoms with Crippen LogP contribution >= 0.6 is 11.3 Å². The molecule has 130 valence electrons. The molecule has 1 amide bonds. The Morgan fingerprint density at radius 3 is 2.46 bits per heavy atom. The maximum absolute atomic E-state index is 12.9. The Morgan fingerprint density at radius 1 is 1.12 bits per heavy atom. The normalized spacial score (nSPS) is 11.8. The van der Waals surface area contributed by atoms with E-state index in [1.165, 1.54) is 17.4 Å². The molecular formula is C17H19F3N2OS. The molecule has 7 heteroatoms. The molecule has 1 aromatic carbocycles. The smallest absolute Gasteiger partial charge is 0.332 e. The van der Waals surface area contributed by atoms with Crippen LogP contribution in [0.1, 0.15) is 20.8 Å². The molecule has 0 radical (unpaired) electrons. The van der Waals surface area contributed by atoms with E-state index in [1.807, 2.05) is 24.4 Å². The topological polar surface area (TPSA) is 23.6 Å². The molecule has 24 heavy (non-hydrogen) atoms. The summed E-state index contributed by atoms with van der Waals surface area (Å²) in [5.74, 6) is -0.163. The molecule has 2 aromatic rings. The van der Waals surface area contributed by atoms with Crippen molar-refractivity contribution in [2.45, 2.75) is 12.7 Å². The maximum atomic E-state index is 12.9. The zero-order chi connectivity index (χ0) is 17.7. The summed E-state index contributed by atoms with van der Waals surface area (Å²) in [4.78, 5) is 16.7. The highest BCUT2D eigenvalue weighted by Gasteiger charge is 2.30. The van der Waals surface area contributed by atoms with Crippen LogP contribution in [0.25, 0.3) is 0 Å². The van der Waals surface area contributed by atoms with Crippen molar-refractivity contribution in [2.75, 3.05) is 27.2 Å². The summed E-state index contributed by atoms with van der Waals surface area (Å²) >= 11 is 1.33. The van der Waals surface area contributed by atoms with Gasteiger partial charge in [-0.2, -0.15) is 13.2 Å². The number of hydrogen-bond acceptors (Lipinski definition) is 3. The van der Waals surface area contributed by atoms with Crippen molar-refractivity contribution in [2.24, 2.45) is 0 Å². The molecule has 3 nitrogen and oxygen atoms in total. The zero-order valence-electron chi connectivity index (χ0n) is 13.5. The van der Waals surface area contributed by atoms with Gasteiger partial charge >= 0.3 is 6.18 Å². The van der Waals surface area contributed by atoms with Gasteiger partial charge in [0.05, 0.1) is 10.4 Å². The minimum absolute atomic E-state index is 0.147. The number of hydrogen-bond donors (Lipinski definition) is 0. The second kappa shape index (κ2) is 7.81. The van der Waals surface area contributed by atoms with Gasteiger partial charge in [0.2, 0.25) is 0 Å². The molecule has 0 spiro atoms. The number of likely N-dealkylation sites (N-methyl/N-ethyl adjacent to an activating group) is 1. The number of halogens is 3. The number of benzene rings is 1. The molecule has 0 aliphatic heterocycles. The van der Waals surface area contributed by atoms with Gasteiger partial charge in [0.1, 0.15) is 0 Å². The van der Waals surface area contributed by atoms with Gasteiger partial charge in [0.25, 0.3) is 5.91 Å². The molecule has 0 fully saturated rings. The highest BCUT2D eigenvalue weighted by Crippen LogP contribution is 2.29. The van der Waals surface area contributed by atoms with E-state index in [0.29, 0.717) is 23.5 Å². The van der Waals surface area contributed by atoms with Crippen LogP contribution in [0.5, 0.6) is 0 Å². The molecule has 2 rings (SSSR count). The quantitative estimate of drug-likeness (QED) is 0.782. The van der Waals surface area contributed by atoms with Gasteiger partial charge in [0, 0.05) is 19.6 Å². The van der Waals surface area contributed by atoms with Crippen molar-refractivity contribution in [3.05, 3.63) is 57.8 Å². The summed E-state index contributed by atoms with van der Waals surface area (Å²) < 4.78 is 38.6. The fourth-order valence-corrected chi connectivity index (χ4v) is 2.89. The minimum atomic E-state index is -4.39. The van der Waals surface area contributed by atoms with Crippen molar-refractivity contribution < 1.29 is 18.0 Å². The average Bonchev–Trinajstić information content (AvgIpc) is 3.04. The van der Waals surface area contributed by atoms with Crippen molar-refractivity contribution in [3.63, 3.8) is 0 Å². The number of carbonyl (C=O) groups excluding carboxylic acids is 1. The highest BCUT2D eigenvalue weighted by molar-refractivity contribution is 7.12. The number of amides is 1. The molecule has 0 aliphatic rings. The van der Waals surface area contributed by atoms with Crippen molar-refractivity contribution in [1.29, 1.82) is 0 Å². The first-order valence-corrected chi connectivity index (χ1v) is 8.29. The van der Waals surface area contributed by atoms with Crippen LogP contribution in [0.3, 0.4) is 0 Å². The Morgan fingerprint density at radius 2 is 1.88 bits per heavy atom. The van der Waals surface area contributed by atoms with Crippen molar-refractivity contribution >= 4 is 17.2 Å². The predicted octanol–water partition coefficient (Wildman–Crippen LogP) is 3.97. The molecule has 1 heterocycles. The van der Waals surface area contributed by atoms with Crippen LogP contribution in [-0.2, 0) is 12.7 Å². The van der Waals surface area contributed by atoms with Gasteiger partial charge in [-0.25, -0.2) is 0 Å². The predicted molar refractivity (Wildman–Crippen MR) is 89.1 cm³/mol. The summed E-state index contributed by atoms with van der Waals surface area (Å²) in [6, 6.07) is 8.63. The number of carbonyl (C=O) groups is 1. The monoisotopic (exact) mass is 356 g/mol. The largest absolute Gasteiger partial charge is 0.416 e. The number of thiophene rings is 1. The molecule has 0 bridgehead atoms. The number of rotatable bonds is 6. The lowest BCUT2D eigenvalue weighted by Crippen LogP contribution is -2.36. The Kier molecular flexibility index (Phi) is 6.01. The number of alkyl halides is 3. The summed E-state index contributed by atoms with van der Waals surface area (Å²) in [5.41, 5.74) is -0.232. The van der Waals surface area contributed by atoms with Crippen LogP contribution in [0.4, 0.5) is 13.2 Å². The summed E-state index contributed by atoms with van der Waals surface area (Å²) in [7, 11) is 3.77. The van der Waals surface area contributed by atoms with Crippen molar-refractivity contribution in [1.82, 2.24) is 9.80 Å². The van der Waals surface area contributed by atoms with E-state index in [-0.39, 0.29) is 12.5 Å². The van der Waals surface area contributed by atoms with Gasteiger partial charge < -0.3 is 9.80 Å². The lowest BCUT2D eigenvalue weighted by molar-refractivity contribution is -0.137. The fourth-order valence-electron chi connectivity index (χ4n) is 2.20.